The number of benzene rings is 2. The van der Waals surface area contributed by atoms with Gasteiger partial charge in [-0.1, -0.05) is 30.0 Å². The second kappa shape index (κ2) is 11.9. The number of nitrogens with one attached hydrogen (secondary N) is 1. The van der Waals surface area contributed by atoms with Crippen LogP contribution in [0.5, 0.6) is 5.75 Å². The summed E-state index contributed by atoms with van der Waals surface area (Å²) in [6.07, 6.45) is 1.13. The molecule has 0 radical (unpaired) electrons. The first-order valence-corrected chi connectivity index (χ1v) is 12.8. The molecule has 9 heteroatoms. The summed E-state index contributed by atoms with van der Waals surface area (Å²) in [5, 5.41) is 19.8. The van der Waals surface area contributed by atoms with Gasteiger partial charge in [0, 0.05) is 57.2 Å². The van der Waals surface area contributed by atoms with Gasteiger partial charge in [-0.3, -0.25) is 14.6 Å². The van der Waals surface area contributed by atoms with Crippen LogP contribution < -0.4 is 5.56 Å². The molecule has 198 valence electrons. The second-order valence-electron chi connectivity index (χ2n) is 9.88. The van der Waals surface area contributed by atoms with E-state index in [-0.39, 0.29) is 24.1 Å². The SMILES string of the molecule is O=c1[nH]cnc(CC(CN2CC(O)C2)c2ccc(C#Cc3ccc(CN4CCOCC4)cc3)c(F)c2)c1O. The van der Waals surface area contributed by atoms with E-state index < -0.39 is 17.1 Å². The third kappa shape index (κ3) is 6.47. The van der Waals surface area contributed by atoms with Crippen molar-refractivity contribution in [3.8, 4) is 17.6 Å². The van der Waals surface area contributed by atoms with E-state index in [4.69, 9.17) is 4.74 Å². The first kappa shape index (κ1) is 26.1. The lowest BCUT2D eigenvalue weighted by Gasteiger charge is -2.38. The summed E-state index contributed by atoms with van der Waals surface area (Å²) in [7, 11) is 0. The van der Waals surface area contributed by atoms with E-state index >= 15 is 4.39 Å². The zero-order valence-electron chi connectivity index (χ0n) is 21.1. The van der Waals surface area contributed by atoms with Crippen molar-refractivity contribution in [3.63, 3.8) is 0 Å². The largest absolute Gasteiger partial charge is 0.502 e. The highest BCUT2D eigenvalue weighted by molar-refractivity contribution is 5.45. The molecule has 1 unspecified atom stereocenters. The van der Waals surface area contributed by atoms with Gasteiger partial charge in [0.2, 0.25) is 5.75 Å². The maximum absolute atomic E-state index is 15.1. The van der Waals surface area contributed by atoms with Crippen molar-refractivity contribution >= 4 is 0 Å². The molecule has 2 aliphatic heterocycles. The monoisotopic (exact) mass is 518 g/mol. The summed E-state index contributed by atoms with van der Waals surface area (Å²) < 4.78 is 20.5. The van der Waals surface area contributed by atoms with E-state index in [1.165, 1.54) is 18.0 Å². The van der Waals surface area contributed by atoms with Crippen LogP contribution in [0.3, 0.4) is 0 Å². The molecule has 2 saturated heterocycles. The number of β-amino-alcohol motifs (C(OH)–C–C–N with tert-alkyl or cyclic N) is 1. The number of aliphatic hydroxyl groups excluding tert-OH is 1. The Kier molecular flexibility index (Phi) is 8.15. The molecule has 0 saturated carbocycles. The minimum Gasteiger partial charge on any atom is -0.502 e. The van der Waals surface area contributed by atoms with E-state index in [0.717, 1.165) is 38.4 Å². The van der Waals surface area contributed by atoms with Crippen LogP contribution in [0.25, 0.3) is 0 Å². The number of aromatic amines is 1. The van der Waals surface area contributed by atoms with Gasteiger partial charge in [0.25, 0.3) is 5.56 Å². The van der Waals surface area contributed by atoms with Crippen molar-refractivity contribution in [1.82, 2.24) is 19.8 Å². The smallest absolute Gasteiger partial charge is 0.293 e. The van der Waals surface area contributed by atoms with E-state index in [1.807, 2.05) is 35.2 Å². The molecule has 0 aliphatic carbocycles. The number of morpholine rings is 1. The fraction of sp³-hybridized carbons (Fsp3) is 0.379. The molecule has 3 aromatic rings. The number of likely N-dealkylation sites (tertiary alicyclic amines) is 1. The van der Waals surface area contributed by atoms with Crippen LogP contribution in [0.1, 0.15) is 33.9 Å². The van der Waals surface area contributed by atoms with Crippen molar-refractivity contribution < 1.29 is 19.3 Å². The third-order valence-corrected chi connectivity index (χ3v) is 7.03. The minimum absolute atomic E-state index is 0.238. The number of aromatic nitrogens is 2. The number of aliphatic hydroxyl groups is 1. The molecule has 2 fully saturated rings. The first-order chi connectivity index (χ1) is 18.4. The van der Waals surface area contributed by atoms with Crippen molar-refractivity contribution in [2.75, 3.05) is 45.9 Å². The van der Waals surface area contributed by atoms with Crippen molar-refractivity contribution in [2.24, 2.45) is 0 Å². The number of rotatable bonds is 7. The molecule has 3 N–H and O–H groups in total. The Bertz CT molecular complexity index is 1370. The van der Waals surface area contributed by atoms with Crippen molar-refractivity contribution in [1.29, 1.82) is 0 Å². The highest BCUT2D eigenvalue weighted by Gasteiger charge is 2.28. The summed E-state index contributed by atoms with van der Waals surface area (Å²) in [5.74, 6) is 4.88. The molecular weight excluding hydrogens is 487 g/mol. The predicted octanol–water partition coefficient (Wildman–Crippen LogP) is 1.85. The first-order valence-electron chi connectivity index (χ1n) is 12.8. The molecule has 38 heavy (non-hydrogen) atoms. The Morgan fingerprint density at radius 2 is 1.87 bits per heavy atom. The number of ether oxygens (including phenoxy) is 1. The van der Waals surface area contributed by atoms with Crippen LogP contribution >= 0.6 is 0 Å². The maximum Gasteiger partial charge on any atom is 0.293 e. The average Bonchev–Trinajstić information content (AvgIpc) is 2.90. The van der Waals surface area contributed by atoms with E-state index in [1.54, 1.807) is 6.07 Å². The molecule has 8 nitrogen and oxygen atoms in total. The third-order valence-electron chi connectivity index (χ3n) is 7.03. The van der Waals surface area contributed by atoms with E-state index in [9.17, 15) is 15.0 Å². The number of aromatic hydroxyl groups is 1. The molecule has 0 bridgehead atoms. The summed E-state index contributed by atoms with van der Waals surface area (Å²) in [6.45, 7) is 5.85. The van der Waals surface area contributed by atoms with Gasteiger partial charge in [-0.2, -0.15) is 0 Å². The maximum atomic E-state index is 15.1. The Balaban J connectivity index is 1.30. The minimum atomic E-state index is -0.612. The Morgan fingerprint density at radius 1 is 1.11 bits per heavy atom. The normalized spacial score (nSPS) is 17.4. The molecule has 3 heterocycles. The predicted molar refractivity (Wildman–Crippen MR) is 140 cm³/mol. The fourth-order valence-electron chi connectivity index (χ4n) is 4.84. The molecule has 1 aromatic heterocycles. The van der Waals surface area contributed by atoms with Crippen LogP contribution in [0, 0.1) is 17.7 Å². The van der Waals surface area contributed by atoms with Gasteiger partial charge < -0.3 is 19.9 Å². The fourth-order valence-corrected chi connectivity index (χ4v) is 4.84. The standard InChI is InChI=1S/C29H31FN4O4/c30-26-13-23(24(16-34-17-25(35)18-34)14-27-28(36)29(37)32-19-31-27)8-7-22(26)6-5-20-1-3-21(4-2-20)15-33-9-11-38-12-10-33/h1-4,7-8,13,19,24-25,35-36H,9-12,14-18H2,(H,31,32,37). The number of halogens is 1. The second-order valence-corrected chi connectivity index (χ2v) is 9.88. The zero-order valence-corrected chi connectivity index (χ0v) is 21.1. The van der Waals surface area contributed by atoms with Gasteiger partial charge in [-0.25, -0.2) is 9.37 Å². The summed E-state index contributed by atoms with van der Waals surface area (Å²) in [5.41, 5.74) is 2.66. The number of hydrogen-bond donors (Lipinski definition) is 3. The molecule has 0 spiro atoms. The van der Waals surface area contributed by atoms with Crippen LogP contribution in [0.2, 0.25) is 0 Å². The number of H-pyrrole nitrogens is 1. The number of nitrogens with zero attached hydrogens (tertiary/aromatic N) is 3. The average molecular weight is 519 g/mol. The Hall–Kier alpha value is -3.55. The van der Waals surface area contributed by atoms with Crippen LogP contribution in [0.4, 0.5) is 4.39 Å². The van der Waals surface area contributed by atoms with Crippen molar-refractivity contribution in [3.05, 3.63) is 92.9 Å². The van der Waals surface area contributed by atoms with Gasteiger partial charge in [-0.05, 0) is 35.4 Å². The molecule has 2 aliphatic rings. The summed E-state index contributed by atoms with van der Waals surface area (Å²) >= 11 is 0. The molecule has 0 amide bonds. The number of hydrogen-bond acceptors (Lipinski definition) is 7. The Morgan fingerprint density at radius 3 is 2.58 bits per heavy atom. The molecule has 1 atom stereocenters. The van der Waals surface area contributed by atoms with Gasteiger partial charge in [0.05, 0.1) is 36.9 Å². The topological polar surface area (TPSA) is 102 Å². The lowest BCUT2D eigenvalue weighted by Crippen LogP contribution is -2.52. The molecule has 2 aromatic carbocycles. The molecule has 5 rings (SSSR count). The van der Waals surface area contributed by atoms with Gasteiger partial charge in [0.1, 0.15) is 5.82 Å². The van der Waals surface area contributed by atoms with Crippen LogP contribution in [0.15, 0.2) is 53.6 Å². The quantitative estimate of drug-likeness (QED) is 0.411. The summed E-state index contributed by atoms with van der Waals surface area (Å²) in [6, 6.07) is 12.9. The lowest BCUT2D eigenvalue weighted by molar-refractivity contribution is -0.00130. The van der Waals surface area contributed by atoms with Gasteiger partial charge in [0.15, 0.2) is 0 Å². The highest BCUT2D eigenvalue weighted by atomic mass is 19.1. The van der Waals surface area contributed by atoms with E-state index in [0.29, 0.717) is 30.8 Å². The van der Waals surface area contributed by atoms with Crippen molar-refractivity contribution in [2.45, 2.75) is 25.0 Å². The zero-order chi connectivity index (χ0) is 26.5. The van der Waals surface area contributed by atoms with Crippen LogP contribution in [-0.2, 0) is 17.7 Å². The molecular formula is C29H31FN4O4. The summed E-state index contributed by atoms with van der Waals surface area (Å²) in [4.78, 5) is 22.7. The Labute approximate surface area is 220 Å². The van der Waals surface area contributed by atoms with Gasteiger partial charge in [-0.15, -0.1) is 0 Å². The van der Waals surface area contributed by atoms with E-state index in [2.05, 4.69) is 26.7 Å². The van der Waals surface area contributed by atoms with Gasteiger partial charge >= 0.3 is 0 Å². The lowest BCUT2D eigenvalue weighted by atomic mass is 9.91. The van der Waals surface area contributed by atoms with Crippen LogP contribution in [-0.4, -0.2) is 82.0 Å². The highest BCUT2D eigenvalue weighted by Crippen LogP contribution is 2.27.